The standard InChI is InChI=1S/C22H34N2Si/c1-6-7-8-11-16-24(25(3,4)5)22-13-10-9-12-21(22)20-15-14-19(23)17-18(20)2/h9-10,12-15,17H,6-8,11,16,23H2,1-5H3. The van der Waals surface area contributed by atoms with Crippen LogP contribution in [0.15, 0.2) is 42.5 Å². The number of benzene rings is 2. The summed E-state index contributed by atoms with van der Waals surface area (Å²) in [7, 11) is -1.47. The number of nitrogen functional groups attached to an aromatic ring is 1. The average molecular weight is 355 g/mol. The highest BCUT2D eigenvalue weighted by Gasteiger charge is 2.26. The first kappa shape index (κ1) is 19.6. The molecule has 0 saturated heterocycles. The van der Waals surface area contributed by atoms with Crippen LogP contribution >= 0.6 is 0 Å². The topological polar surface area (TPSA) is 29.3 Å². The summed E-state index contributed by atoms with van der Waals surface area (Å²) in [6.07, 6.45) is 5.21. The first-order valence-electron chi connectivity index (χ1n) is 9.57. The van der Waals surface area contributed by atoms with Crippen molar-refractivity contribution in [3.63, 3.8) is 0 Å². The van der Waals surface area contributed by atoms with E-state index in [1.54, 1.807) is 0 Å². The Bertz CT molecular complexity index is 689. The Morgan fingerprint density at radius 2 is 1.64 bits per heavy atom. The zero-order valence-corrected chi connectivity index (χ0v) is 17.6. The summed E-state index contributed by atoms with van der Waals surface area (Å²) in [5.41, 5.74) is 12.0. The largest absolute Gasteiger partial charge is 0.399 e. The van der Waals surface area contributed by atoms with E-state index < -0.39 is 8.24 Å². The summed E-state index contributed by atoms with van der Waals surface area (Å²) in [6, 6.07) is 15.1. The molecule has 0 aliphatic carbocycles. The molecule has 0 fully saturated rings. The normalized spacial score (nSPS) is 11.6. The lowest BCUT2D eigenvalue weighted by Gasteiger charge is -2.38. The number of para-hydroxylation sites is 1. The fraction of sp³-hybridized carbons (Fsp3) is 0.455. The maximum atomic E-state index is 5.96. The minimum atomic E-state index is -1.47. The molecule has 3 heteroatoms. The summed E-state index contributed by atoms with van der Waals surface area (Å²) in [6.45, 7) is 12.9. The van der Waals surface area contributed by atoms with Gasteiger partial charge in [0.15, 0.2) is 0 Å². The molecule has 0 heterocycles. The van der Waals surface area contributed by atoms with Crippen molar-refractivity contribution in [2.24, 2.45) is 0 Å². The van der Waals surface area contributed by atoms with Gasteiger partial charge in [0.2, 0.25) is 0 Å². The van der Waals surface area contributed by atoms with E-state index in [9.17, 15) is 0 Å². The smallest absolute Gasteiger partial charge is 0.147 e. The van der Waals surface area contributed by atoms with Crippen LogP contribution in [0.5, 0.6) is 0 Å². The predicted molar refractivity (Wildman–Crippen MR) is 116 cm³/mol. The lowest BCUT2D eigenvalue weighted by atomic mass is 9.98. The van der Waals surface area contributed by atoms with Crippen molar-refractivity contribution in [3.8, 4) is 11.1 Å². The maximum absolute atomic E-state index is 5.96. The molecule has 0 unspecified atom stereocenters. The first-order valence-corrected chi connectivity index (χ1v) is 13.0. The average Bonchev–Trinajstić information content (AvgIpc) is 2.54. The van der Waals surface area contributed by atoms with Gasteiger partial charge < -0.3 is 10.3 Å². The Kier molecular flexibility index (Phi) is 6.71. The lowest BCUT2D eigenvalue weighted by molar-refractivity contribution is 0.672. The molecule has 0 bridgehead atoms. The van der Waals surface area contributed by atoms with Crippen molar-refractivity contribution in [2.75, 3.05) is 16.8 Å². The van der Waals surface area contributed by atoms with E-state index in [0.29, 0.717) is 0 Å². The Balaban J connectivity index is 2.41. The summed E-state index contributed by atoms with van der Waals surface area (Å²) < 4.78 is 2.70. The number of rotatable bonds is 8. The highest BCUT2D eigenvalue weighted by atomic mass is 28.3. The number of unbranched alkanes of at least 4 members (excludes halogenated alkanes) is 3. The fourth-order valence-corrected chi connectivity index (χ4v) is 5.19. The Morgan fingerprint density at radius 1 is 0.920 bits per heavy atom. The zero-order chi connectivity index (χ0) is 18.4. The Morgan fingerprint density at radius 3 is 2.28 bits per heavy atom. The summed E-state index contributed by atoms with van der Waals surface area (Å²) in [5, 5.41) is 0. The number of nitrogens with zero attached hydrogens (tertiary/aromatic N) is 1. The number of hydrogen-bond acceptors (Lipinski definition) is 2. The van der Waals surface area contributed by atoms with Gasteiger partial charge in [-0.1, -0.05) is 70.1 Å². The van der Waals surface area contributed by atoms with Crippen molar-refractivity contribution in [1.29, 1.82) is 0 Å². The molecule has 136 valence electrons. The molecule has 0 aliphatic heterocycles. The highest BCUT2D eigenvalue weighted by Crippen LogP contribution is 2.36. The van der Waals surface area contributed by atoms with Crippen molar-refractivity contribution in [1.82, 2.24) is 0 Å². The number of anilines is 2. The summed E-state index contributed by atoms with van der Waals surface area (Å²) in [4.78, 5) is 0. The third-order valence-electron chi connectivity index (χ3n) is 4.78. The number of hydrogen-bond donors (Lipinski definition) is 1. The molecule has 0 amide bonds. The maximum Gasteiger partial charge on any atom is 0.147 e. The molecule has 0 radical (unpaired) electrons. The molecule has 2 aromatic carbocycles. The first-order chi connectivity index (χ1) is 11.8. The minimum absolute atomic E-state index is 0.834. The zero-order valence-electron chi connectivity index (χ0n) is 16.6. The minimum Gasteiger partial charge on any atom is -0.399 e. The molecular formula is C22H34N2Si. The van der Waals surface area contributed by atoms with Crippen LogP contribution in [0.25, 0.3) is 11.1 Å². The van der Waals surface area contributed by atoms with E-state index in [2.05, 4.69) is 74.5 Å². The van der Waals surface area contributed by atoms with E-state index in [1.165, 1.54) is 48.1 Å². The second-order valence-electron chi connectivity index (χ2n) is 7.97. The van der Waals surface area contributed by atoms with Crippen molar-refractivity contribution < 1.29 is 0 Å². The predicted octanol–water partition coefficient (Wildman–Crippen LogP) is 6.47. The van der Waals surface area contributed by atoms with Gasteiger partial charge in [-0.2, -0.15) is 0 Å². The monoisotopic (exact) mass is 354 g/mol. The number of aryl methyl sites for hydroxylation is 1. The molecule has 2 aromatic rings. The second kappa shape index (κ2) is 8.57. The molecule has 25 heavy (non-hydrogen) atoms. The second-order valence-corrected chi connectivity index (χ2v) is 12.9. The highest BCUT2D eigenvalue weighted by molar-refractivity contribution is 6.79. The van der Waals surface area contributed by atoms with Gasteiger partial charge in [0, 0.05) is 23.5 Å². The molecule has 0 atom stereocenters. The van der Waals surface area contributed by atoms with Crippen molar-refractivity contribution in [3.05, 3.63) is 48.0 Å². The molecule has 0 spiro atoms. The number of nitrogens with two attached hydrogens (primary N) is 1. The lowest BCUT2D eigenvalue weighted by Crippen LogP contribution is -2.47. The molecule has 2 N–H and O–H groups in total. The van der Waals surface area contributed by atoms with Gasteiger partial charge in [-0.15, -0.1) is 0 Å². The third kappa shape index (κ3) is 5.11. The van der Waals surface area contributed by atoms with Crippen LogP contribution in [-0.2, 0) is 0 Å². The van der Waals surface area contributed by atoms with E-state index in [4.69, 9.17) is 5.73 Å². The molecule has 2 nitrogen and oxygen atoms in total. The molecule has 2 rings (SSSR count). The van der Waals surface area contributed by atoms with Gasteiger partial charge in [0.1, 0.15) is 8.24 Å². The van der Waals surface area contributed by atoms with Gasteiger partial charge in [-0.3, -0.25) is 0 Å². The van der Waals surface area contributed by atoms with E-state index in [1.807, 2.05) is 6.07 Å². The fourth-order valence-electron chi connectivity index (χ4n) is 3.44. The summed E-state index contributed by atoms with van der Waals surface area (Å²) >= 11 is 0. The van der Waals surface area contributed by atoms with Crippen LogP contribution in [0.2, 0.25) is 19.6 Å². The van der Waals surface area contributed by atoms with E-state index in [0.717, 1.165) is 12.2 Å². The quantitative estimate of drug-likeness (QED) is 0.334. The van der Waals surface area contributed by atoms with Crippen molar-refractivity contribution in [2.45, 2.75) is 59.2 Å². The Labute approximate surface area is 155 Å². The molecular weight excluding hydrogens is 320 g/mol. The van der Waals surface area contributed by atoms with Gasteiger partial charge in [-0.25, -0.2) is 0 Å². The van der Waals surface area contributed by atoms with Crippen LogP contribution < -0.4 is 10.3 Å². The van der Waals surface area contributed by atoms with Crippen LogP contribution in [0.4, 0.5) is 11.4 Å². The van der Waals surface area contributed by atoms with Crippen LogP contribution in [-0.4, -0.2) is 14.8 Å². The van der Waals surface area contributed by atoms with Crippen LogP contribution in [0.1, 0.15) is 38.2 Å². The van der Waals surface area contributed by atoms with Crippen LogP contribution in [0.3, 0.4) is 0 Å². The van der Waals surface area contributed by atoms with Crippen LogP contribution in [0, 0.1) is 6.92 Å². The van der Waals surface area contributed by atoms with Crippen molar-refractivity contribution >= 4 is 19.6 Å². The van der Waals surface area contributed by atoms with Gasteiger partial charge in [0.05, 0.1) is 0 Å². The van der Waals surface area contributed by atoms with Gasteiger partial charge >= 0.3 is 0 Å². The van der Waals surface area contributed by atoms with Gasteiger partial charge in [-0.05, 0) is 42.7 Å². The third-order valence-corrected chi connectivity index (χ3v) is 6.86. The van der Waals surface area contributed by atoms with E-state index in [-0.39, 0.29) is 0 Å². The SMILES string of the molecule is CCCCCCN(c1ccccc1-c1ccc(N)cc1C)[Si](C)(C)C. The molecule has 0 aromatic heterocycles. The van der Waals surface area contributed by atoms with Gasteiger partial charge in [0.25, 0.3) is 0 Å². The van der Waals surface area contributed by atoms with E-state index >= 15 is 0 Å². The molecule has 0 saturated carbocycles. The Hall–Kier alpha value is -1.74. The summed E-state index contributed by atoms with van der Waals surface area (Å²) in [5.74, 6) is 0. The molecule has 0 aliphatic rings.